The summed E-state index contributed by atoms with van der Waals surface area (Å²) < 4.78 is 0. The van der Waals surface area contributed by atoms with E-state index in [0.717, 1.165) is 19.3 Å². The minimum Gasteiger partial charge on any atom is -0.348 e. The minimum absolute atomic E-state index is 0.0820. The summed E-state index contributed by atoms with van der Waals surface area (Å²) in [6.07, 6.45) is 7.43. The van der Waals surface area contributed by atoms with E-state index in [4.69, 9.17) is 5.73 Å². The summed E-state index contributed by atoms with van der Waals surface area (Å²) in [5.41, 5.74) is 6.34. The van der Waals surface area contributed by atoms with Crippen molar-refractivity contribution in [3.8, 4) is 0 Å². The van der Waals surface area contributed by atoms with E-state index in [-0.39, 0.29) is 18.0 Å². The average molecular weight is 206 g/mol. The van der Waals surface area contributed by atoms with Crippen LogP contribution in [0.1, 0.15) is 29.6 Å². The first kappa shape index (κ1) is 10.0. The lowest BCUT2D eigenvalue weighted by Crippen LogP contribution is -2.44. The third-order valence-electron chi connectivity index (χ3n) is 2.71. The highest BCUT2D eigenvalue weighted by molar-refractivity contribution is 5.93. The van der Waals surface area contributed by atoms with Crippen LogP contribution in [0.5, 0.6) is 0 Å². The lowest BCUT2D eigenvalue weighted by molar-refractivity contribution is 0.0934. The number of nitrogens with one attached hydrogen (secondary N) is 1. The molecule has 0 bridgehead atoms. The Kier molecular flexibility index (Phi) is 2.91. The zero-order valence-electron chi connectivity index (χ0n) is 8.39. The number of nitrogens with two attached hydrogens (primary N) is 1. The second-order valence-corrected chi connectivity index (χ2v) is 3.80. The Morgan fingerprint density at radius 1 is 1.40 bits per heavy atom. The normalized spacial score (nSPS) is 25.1. The van der Waals surface area contributed by atoms with Gasteiger partial charge in [0.1, 0.15) is 6.33 Å². The Bertz CT molecular complexity index is 341. The van der Waals surface area contributed by atoms with Gasteiger partial charge in [0.15, 0.2) is 0 Å². The Morgan fingerprint density at radius 2 is 2.13 bits per heavy atom. The molecule has 1 heterocycles. The molecule has 0 aromatic carbocycles. The number of hydrogen-bond donors (Lipinski definition) is 2. The molecule has 80 valence electrons. The van der Waals surface area contributed by atoms with E-state index < -0.39 is 0 Å². The number of amides is 1. The van der Waals surface area contributed by atoms with Crippen molar-refractivity contribution in [2.45, 2.75) is 31.3 Å². The molecule has 1 amide bonds. The zero-order valence-corrected chi connectivity index (χ0v) is 8.39. The second kappa shape index (κ2) is 4.35. The van der Waals surface area contributed by atoms with Crippen molar-refractivity contribution in [3.63, 3.8) is 0 Å². The number of aromatic nitrogens is 2. The Morgan fingerprint density at radius 3 is 2.73 bits per heavy atom. The molecule has 1 aliphatic rings. The van der Waals surface area contributed by atoms with E-state index in [9.17, 15) is 4.79 Å². The minimum atomic E-state index is -0.141. The summed E-state index contributed by atoms with van der Waals surface area (Å²) in [5.74, 6) is -0.141. The monoisotopic (exact) mass is 206 g/mol. The van der Waals surface area contributed by atoms with Crippen LogP contribution in [0.2, 0.25) is 0 Å². The van der Waals surface area contributed by atoms with Gasteiger partial charge in [-0.25, -0.2) is 9.97 Å². The summed E-state index contributed by atoms with van der Waals surface area (Å²) in [4.78, 5) is 19.3. The number of carbonyl (C=O) groups is 1. The highest BCUT2D eigenvalue weighted by atomic mass is 16.1. The lowest BCUT2D eigenvalue weighted by atomic mass is 10.2. The third-order valence-corrected chi connectivity index (χ3v) is 2.71. The van der Waals surface area contributed by atoms with Gasteiger partial charge in [-0.2, -0.15) is 0 Å². The van der Waals surface area contributed by atoms with E-state index in [2.05, 4.69) is 15.3 Å². The smallest absolute Gasteiger partial charge is 0.254 e. The molecule has 0 saturated heterocycles. The SMILES string of the molecule is NC1CCCC1NC(=O)c1cncnc1. The molecule has 2 rings (SSSR count). The molecule has 1 aromatic rings. The number of carbonyl (C=O) groups excluding carboxylic acids is 1. The Labute approximate surface area is 88.1 Å². The number of hydrogen-bond acceptors (Lipinski definition) is 4. The van der Waals surface area contributed by atoms with Crippen LogP contribution in [0, 0.1) is 0 Å². The van der Waals surface area contributed by atoms with E-state index in [0.29, 0.717) is 5.56 Å². The average Bonchev–Trinajstić information content (AvgIpc) is 2.66. The molecule has 0 spiro atoms. The maximum Gasteiger partial charge on any atom is 0.254 e. The molecule has 5 nitrogen and oxygen atoms in total. The van der Waals surface area contributed by atoms with Crippen LogP contribution in [-0.2, 0) is 0 Å². The zero-order chi connectivity index (χ0) is 10.7. The van der Waals surface area contributed by atoms with E-state index in [1.54, 1.807) is 0 Å². The first-order chi connectivity index (χ1) is 7.27. The van der Waals surface area contributed by atoms with Crippen molar-refractivity contribution in [1.82, 2.24) is 15.3 Å². The summed E-state index contributed by atoms with van der Waals surface area (Å²) in [6, 6.07) is 0.177. The molecule has 3 N–H and O–H groups in total. The van der Waals surface area contributed by atoms with Crippen LogP contribution in [0.4, 0.5) is 0 Å². The fourth-order valence-corrected chi connectivity index (χ4v) is 1.84. The summed E-state index contributed by atoms with van der Waals surface area (Å²) in [7, 11) is 0. The fraction of sp³-hybridized carbons (Fsp3) is 0.500. The standard InChI is InChI=1S/C10H14N4O/c11-8-2-1-3-9(8)14-10(15)7-4-12-6-13-5-7/h4-6,8-9H,1-3,11H2,(H,14,15). The quantitative estimate of drug-likeness (QED) is 0.718. The van der Waals surface area contributed by atoms with Crippen molar-refractivity contribution in [3.05, 3.63) is 24.3 Å². The molecular weight excluding hydrogens is 192 g/mol. The molecule has 15 heavy (non-hydrogen) atoms. The van der Waals surface area contributed by atoms with E-state index in [1.165, 1.54) is 18.7 Å². The predicted molar refractivity (Wildman–Crippen MR) is 55.1 cm³/mol. The van der Waals surface area contributed by atoms with Gasteiger partial charge in [0, 0.05) is 24.5 Å². The topological polar surface area (TPSA) is 80.9 Å². The molecule has 1 aliphatic carbocycles. The summed E-state index contributed by atoms with van der Waals surface area (Å²) in [5, 5.41) is 2.90. The summed E-state index contributed by atoms with van der Waals surface area (Å²) >= 11 is 0. The highest BCUT2D eigenvalue weighted by Crippen LogP contribution is 2.17. The molecule has 0 radical (unpaired) electrons. The first-order valence-electron chi connectivity index (χ1n) is 5.09. The maximum absolute atomic E-state index is 11.7. The van der Waals surface area contributed by atoms with Crippen LogP contribution in [0.15, 0.2) is 18.7 Å². The van der Waals surface area contributed by atoms with Gasteiger partial charge < -0.3 is 11.1 Å². The predicted octanol–water partition coefficient (Wildman–Crippen LogP) is 0.0862. The Hall–Kier alpha value is -1.49. The van der Waals surface area contributed by atoms with Crippen molar-refractivity contribution in [2.75, 3.05) is 0 Å². The molecule has 1 saturated carbocycles. The van der Waals surface area contributed by atoms with Crippen LogP contribution in [-0.4, -0.2) is 28.0 Å². The lowest BCUT2D eigenvalue weighted by Gasteiger charge is -2.16. The molecule has 5 heteroatoms. The third kappa shape index (κ3) is 2.30. The van der Waals surface area contributed by atoms with Crippen LogP contribution >= 0.6 is 0 Å². The van der Waals surface area contributed by atoms with Gasteiger partial charge in [0.25, 0.3) is 5.91 Å². The first-order valence-corrected chi connectivity index (χ1v) is 5.09. The molecule has 0 aliphatic heterocycles. The Balaban J connectivity index is 1.98. The van der Waals surface area contributed by atoms with Gasteiger partial charge in [0.05, 0.1) is 5.56 Å². The van der Waals surface area contributed by atoms with Crippen molar-refractivity contribution in [2.24, 2.45) is 5.73 Å². The second-order valence-electron chi connectivity index (χ2n) is 3.80. The van der Waals surface area contributed by atoms with Gasteiger partial charge in [-0.15, -0.1) is 0 Å². The van der Waals surface area contributed by atoms with Crippen molar-refractivity contribution in [1.29, 1.82) is 0 Å². The maximum atomic E-state index is 11.7. The van der Waals surface area contributed by atoms with E-state index in [1.807, 2.05) is 0 Å². The van der Waals surface area contributed by atoms with Crippen molar-refractivity contribution >= 4 is 5.91 Å². The van der Waals surface area contributed by atoms with Crippen LogP contribution < -0.4 is 11.1 Å². The van der Waals surface area contributed by atoms with E-state index >= 15 is 0 Å². The number of rotatable bonds is 2. The summed E-state index contributed by atoms with van der Waals surface area (Å²) in [6.45, 7) is 0. The fourth-order valence-electron chi connectivity index (χ4n) is 1.84. The van der Waals surface area contributed by atoms with Gasteiger partial charge in [0.2, 0.25) is 0 Å². The van der Waals surface area contributed by atoms with Gasteiger partial charge in [-0.3, -0.25) is 4.79 Å². The van der Waals surface area contributed by atoms with Gasteiger partial charge in [-0.1, -0.05) is 0 Å². The molecule has 1 fully saturated rings. The van der Waals surface area contributed by atoms with Crippen molar-refractivity contribution < 1.29 is 4.79 Å². The van der Waals surface area contributed by atoms with Crippen LogP contribution in [0.25, 0.3) is 0 Å². The highest BCUT2D eigenvalue weighted by Gasteiger charge is 2.25. The number of nitrogens with zero attached hydrogens (tertiary/aromatic N) is 2. The molecular formula is C10H14N4O. The van der Waals surface area contributed by atoms with Crippen LogP contribution in [0.3, 0.4) is 0 Å². The van der Waals surface area contributed by atoms with Gasteiger partial charge in [-0.05, 0) is 19.3 Å². The van der Waals surface area contributed by atoms with Gasteiger partial charge >= 0.3 is 0 Å². The molecule has 1 aromatic heterocycles. The largest absolute Gasteiger partial charge is 0.348 e. The molecule has 2 unspecified atom stereocenters. The molecule has 2 atom stereocenters.